The van der Waals surface area contributed by atoms with E-state index in [1.807, 2.05) is 18.2 Å². The minimum absolute atomic E-state index is 0.179. The van der Waals surface area contributed by atoms with Gasteiger partial charge in [0.1, 0.15) is 6.17 Å². The molecule has 1 aliphatic carbocycles. The van der Waals surface area contributed by atoms with Crippen LogP contribution in [-0.2, 0) is 13.1 Å². The fourth-order valence-electron chi connectivity index (χ4n) is 4.70. The van der Waals surface area contributed by atoms with Crippen molar-refractivity contribution in [2.75, 3.05) is 6.54 Å². The van der Waals surface area contributed by atoms with Gasteiger partial charge in [-0.3, -0.25) is 4.79 Å². The Kier molecular flexibility index (Phi) is 4.84. The average Bonchev–Trinajstić information content (AvgIpc) is 3.08. The molecule has 4 nitrogen and oxygen atoms in total. The summed E-state index contributed by atoms with van der Waals surface area (Å²) in [5, 5.41) is 7.54. The van der Waals surface area contributed by atoms with E-state index in [4.69, 9.17) is 0 Å². The number of hydrogen-bond acceptors (Lipinski definition) is 2. The maximum atomic E-state index is 14.2. The quantitative estimate of drug-likeness (QED) is 0.679. The van der Waals surface area contributed by atoms with Crippen LogP contribution in [0.4, 0.5) is 4.39 Å². The van der Waals surface area contributed by atoms with Crippen molar-refractivity contribution in [2.45, 2.75) is 51.0 Å². The first-order valence-corrected chi connectivity index (χ1v) is 10.6. The molecule has 0 spiro atoms. The van der Waals surface area contributed by atoms with Gasteiger partial charge in [0, 0.05) is 47.4 Å². The first-order chi connectivity index (χ1) is 14.2. The molecule has 1 amide bonds. The second kappa shape index (κ2) is 7.64. The van der Waals surface area contributed by atoms with Gasteiger partial charge in [0.15, 0.2) is 0 Å². The number of benzene rings is 2. The fourth-order valence-corrected chi connectivity index (χ4v) is 4.70. The van der Waals surface area contributed by atoms with Crippen molar-refractivity contribution >= 4 is 16.8 Å². The minimum Gasteiger partial charge on any atom is -0.346 e. The van der Waals surface area contributed by atoms with Crippen molar-refractivity contribution in [1.82, 2.24) is 15.2 Å². The van der Waals surface area contributed by atoms with Crippen molar-refractivity contribution in [3.8, 4) is 11.3 Å². The van der Waals surface area contributed by atoms with E-state index in [0.29, 0.717) is 12.0 Å². The molecule has 2 atom stereocenters. The lowest BCUT2D eigenvalue weighted by molar-refractivity contribution is 0.0884. The molecule has 0 radical (unpaired) electrons. The summed E-state index contributed by atoms with van der Waals surface area (Å²) < 4.78 is 16.4. The molecule has 1 saturated carbocycles. The van der Waals surface area contributed by atoms with Crippen LogP contribution in [0.25, 0.3) is 22.2 Å². The Morgan fingerprint density at radius 1 is 1.10 bits per heavy atom. The van der Waals surface area contributed by atoms with Crippen molar-refractivity contribution < 1.29 is 9.18 Å². The summed E-state index contributed by atoms with van der Waals surface area (Å²) in [6.07, 6.45) is 2.21. The highest BCUT2D eigenvalue weighted by atomic mass is 19.1. The SMILES string of the molecule is O=C(N[C@@H]1CCCC[C@H]1F)c1ccc2cc3n(c2c1)CCNCc1ccccc1-3. The van der Waals surface area contributed by atoms with E-state index in [1.165, 1.54) is 16.8 Å². The van der Waals surface area contributed by atoms with Crippen LogP contribution >= 0.6 is 0 Å². The second-order valence-corrected chi connectivity index (χ2v) is 8.17. The smallest absolute Gasteiger partial charge is 0.251 e. The van der Waals surface area contributed by atoms with Crippen LogP contribution in [0.15, 0.2) is 48.5 Å². The summed E-state index contributed by atoms with van der Waals surface area (Å²) in [6.45, 7) is 2.57. The normalized spacial score (nSPS) is 21.7. The molecule has 5 rings (SSSR count). The lowest BCUT2D eigenvalue weighted by Gasteiger charge is -2.26. The molecule has 2 heterocycles. The predicted octanol–water partition coefficient (Wildman–Crippen LogP) is 4.42. The highest BCUT2D eigenvalue weighted by Crippen LogP contribution is 2.32. The van der Waals surface area contributed by atoms with E-state index in [9.17, 15) is 9.18 Å². The van der Waals surface area contributed by atoms with Gasteiger partial charge in [0.05, 0.1) is 6.04 Å². The van der Waals surface area contributed by atoms with Crippen LogP contribution in [0.1, 0.15) is 41.6 Å². The van der Waals surface area contributed by atoms with Crippen LogP contribution in [0.5, 0.6) is 0 Å². The van der Waals surface area contributed by atoms with Gasteiger partial charge >= 0.3 is 0 Å². The molecule has 5 heteroatoms. The molecular weight excluding hydrogens is 365 g/mol. The van der Waals surface area contributed by atoms with Crippen molar-refractivity contribution in [1.29, 1.82) is 0 Å². The molecule has 3 aromatic rings. The number of rotatable bonds is 2. The topological polar surface area (TPSA) is 46.1 Å². The maximum Gasteiger partial charge on any atom is 0.251 e. The number of fused-ring (bicyclic) bond motifs is 5. The van der Waals surface area contributed by atoms with Crippen LogP contribution in [0, 0.1) is 0 Å². The van der Waals surface area contributed by atoms with Gasteiger partial charge in [-0.05, 0) is 36.6 Å². The standard InChI is InChI=1S/C24H26FN3O/c25-20-7-3-4-8-21(20)27-24(29)17-10-9-16-13-23-19-6-2-1-5-18(19)15-26-11-12-28(23)22(16)14-17/h1-2,5-6,9-10,13-14,20-21,26H,3-4,7-8,11-12,15H2,(H,27,29)/t20-,21-/m1/s1. The number of nitrogens with zero attached hydrogens (tertiary/aromatic N) is 1. The Morgan fingerprint density at radius 2 is 1.97 bits per heavy atom. The van der Waals surface area contributed by atoms with E-state index in [-0.39, 0.29) is 11.9 Å². The minimum atomic E-state index is -0.938. The van der Waals surface area contributed by atoms with Crippen molar-refractivity contribution in [3.63, 3.8) is 0 Å². The third-order valence-corrected chi connectivity index (χ3v) is 6.29. The third kappa shape index (κ3) is 3.44. The second-order valence-electron chi connectivity index (χ2n) is 8.17. The van der Waals surface area contributed by atoms with Gasteiger partial charge in [0.25, 0.3) is 5.91 Å². The van der Waals surface area contributed by atoms with Gasteiger partial charge in [-0.25, -0.2) is 4.39 Å². The van der Waals surface area contributed by atoms with E-state index < -0.39 is 6.17 Å². The first kappa shape index (κ1) is 18.4. The largest absolute Gasteiger partial charge is 0.346 e. The molecule has 0 saturated heterocycles. The predicted molar refractivity (Wildman–Crippen MR) is 114 cm³/mol. The molecule has 1 aliphatic heterocycles. The fraction of sp³-hybridized carbons (Fsp3) is 0.375. The Labute approximate surface area is 170 Å². The zero-order valence-electron chi connectivity index (χ0n) is 16.5. The molecule has 0 bridgehead atoms. The summed E-state index contributed by atoms with van der Waals surface area (Å²) in [5.41, 5.74) is 5.33. The molecule has 1 aromatic heterocycles. The van der Waals surface area contributed by atoms with Gasteiger partial charge in [-0.15, -0.1) is 0 Å². The molecule has 29 heavy (non-hydrogen) atoms. The molecule has 2 aliphatic rings. The molecule has 2 aromatic carbocycles. The van der Waals surface area contributed by atoms with Crippen LogP contribution in [0.2, 0.25) is 0 Å². The maximum absolute atomic E-state index is 14.2. The molecule has 150 valence electrons. The summed E-state index contributed by atoms with van der Waals surface area (Å²) in [6, 6.07) is 16.1. The van der Waals surface area contributed by atoms with Gasteiger partial charge in [-0.1, -0.05) is 43.2 Å². The number of hydrogen-bond donors (Lipinski definition) is 2. The molecular formula is C24H26FN3O. The van der Waals surface area contributed by atoms with E-state index in [0.717, 1.165) is 49.8 Å². The number of nitrogens with one attached hydrogen (secondary N) is 2. The number of carbonyl (C=O) groups is 1. The lowest BCUT2D eigenvalue weighted by atomic mass is 9.93. The Morgan fingerprint density at radius 3 is 2.86 bits per heavy atom. The summed E-state index contributed by atoms with van der Waals surface area (Å²) in [4.78, 5) is 12.8. The van der Waals surface area contributed by atoms with E-state index in [1.54, 1.807) is 0 Å². The Hall–Kier alpha value is -2.66. The number of aromatic nitrogens is 1. The van der Waals surface area contributed by atoms with Crippen LogP contribution < -0.4 is 10.6 Å². The molecule has 2 N–H and O–H groups in total. The highest BCUT2D eigenvalue weighted by Gasteiger charge is 2.26. The number of halogens is 1. The van der Waals surface area contributed by atoms with Gasteiger partial charge in [-0.2, -0.15) is 0 Å². The monoisotopic (exact) mass is 391 g/mol. The zero-order chi connectivity index (χ0) is 19.8. The zero-order valence-corrected chi connectivity index (χ0v) is 16.5. The van der Waals surface area contributed by atoms with Crippen LogP contribution in [-0.4, -0.2) is 29.2 Å². The van der Waals surface area contributed by atoms with Crippen molar-refractivity contribution in [3.05, 3.63) is 59.7 Å². The summed E-state index contributed by atoms with van der Waals surface area (Å²) >= 11 is 0. The summed E-state index contributed by atoms with van der Waals surface area (Å²) in [5.74, 6) is -0.179. The van der Waals surface area contributed by atoms with Gasteiger partial charge in [0.2, 0.25) is 0 Å². The average molecular weight is 391 g/mol. The first-order valence-electron chi connectivity index (χ1n) is 10.6. The molecule has 1 fully saturated rings. The Balaban J connectivity index is 1.51. The van der Waals surface area contributed by atoms with Crippen molar-refractivity contribution in [2.24, 2.45) is 0 Å². The summed E-state index contributed by atoms with van der Waals surface area (Å²) in [7, 11) is 0. The van der Waals surface area contributed by atoms with Gasteiger partial charge < -0.3 is 15.2 Å². The number of amides is 1. The van der Waals surface area contributed by atoms with E-state index >= 15 is 0 Å². The van der Waals surface area contributed by atoms with E-state index in [2.05, 4.69) is 45.5 Å². The number of alkyl halides is 1. The van der Waals surface area contributed by atoms with Crippen LogP contribution in [0.3, 0.4) is 0 Å². The molecule has 0 unspecified atom stereocenters. The third-order valence-electron chi connectivity index (χ3n) is 6.29. The number of carbonyl (C=O) groups excluding carboxylic acids is 1. The lowest BCUT2D eigenvalue weighted by Crippen LogP contribution is -2.43. The Bertz CT molecular complexity index is 1060. The highest BCUT2D eigenvalue weighted by molar-refractivity contribution is 5.99.